The number of aromatic nitrogens is 7. The quantitative estimate of drug-likeness (QED) is 0.368. The van der Waals surface area contributed by atoms with Crippen LogP contribution in [0.2, 0.25) is 0 Å². The van der Waals surface area contributed by atoms with Crippen LogP contribution in [-0.2, 0) is 6.54 Å². The highest BCUT2D eigenvalue weighted by atomic mass is 16.3. The van der Waals surface area contributed by atoms with Crippen molar-refractivity contribution in [2.24, 2.45) is 0 Å². The molecule has 0 spiro atoms. The maximum atomic E-state index is 13.5. The molecule has 0 aliphatic carbocycles. The van der Waals surface area contributed by atoms with Gasteiger partial charge in [-0.25, -0.2) is 19.3 Å². The van der Waals surface area contributed by atoms with Gasteiger partial charge < -0.3 is 9.73 Å². The van der Waals surface area contributed by atoms with E-state index >= 15 is 0 Å². The SMILES string of the molecule is CC(C)n1ncc2cc(NC(=O)c3cc(-c4cccnc4)nc4c3cnn4Cc3ccco3)cnc21. The molecule has 6 rings (SSSR count). The van der Waals surface area contributed by atoms with E-state index in [1.54, 1.807) is 48.0 Å². The Kier molecular flexibility index (Phi) is 5.25. The van der Waals surface area contributed by atoms with Crippen molar-refractivity contribution in [2.75, 3.05) is 5.32 Å². The Morgan fingerprint density at radius 2 is 1.97 bits per heavy atom. The molecule has 6 aromatic rings. The van der Waals surface area contributed by atoms with Gasteiger partial charge in [-0.05, 0) is 50.2 Å². The topological polar surface area (TPSA) is 117 Å². The zero-order valence-corrected chi connectivity index (χ0v) is 19.7. The van der Waals surface area contributed by atoms with E-state index in [1.165, 1.54) is 0 Å². The van der Waals surface area contributed by atoms with Gasteiger partial charge in [-0.15, -0.1) is 0 Å². The summed E-state index contributed by atoms with van der Waals surface area (Å²) in [6, 6.07) is 11.2. The number of anilines is 1. The summed E-state index contributed by atoms with van der Waals surface area (Å²) in [5.41, 5.74) is 3.78. The highest BCUT2D eigenvalue weighted by Gasteiger charge is 2.19. The zero-order chi connectivity index (χ0) is 24.6. The molecule has 10 heteroatoms. The van der Waals surface area contributed by atoms with E-state index in [0.29, 0.717) is 34.5 Å². The third-order valence-electron chi connectivity index (χ3n) is 5.88. The number of fused-ring (bicyclic) bond motifs is 2. The van der Waals surface area contributed by atoms with Crippen LogP contribution in [0.25, 0.3) is 33.3 Å². The highest BCUT2D eigenvalue weighted by molar-refractivity contribution is 6.12. The van der Waals surface area contributed by atoms with Crippen molar-refractivity contribution in [2.45, 2.75) is 26.4 Å². The first-order chi connectivity index (χ1) is 17.6. The molecule has 0 aromatic carbocycles. The van der Waals surface area contributed by atoms with Gasteiger partial charge in [0.2, 0.25) is 0 Å². The number of carbonyl (C=O) groups excluding carboxylic acids is 1. The first kappa shape index (κ1) is 21.7. The highest BCUT2D eigenvalue weighted by Crippen LogP contribution is 2.26. The third-order valence-corrected chi connectivity index (χ3v) is 5.88. The average molecular weight is 479 g/mol. The Balaban J connectivity index is 1.41. The number of furan rings is 1. The lowest BCUT2D eigenvalue weighted by Gasteiger charge is -2.10. The average Bonchev–Trinajstić information content (AvgIpc) is 3.64. The summed E-state index contributed by atoms with van der Waals surface area (Å²) in [6.45, 7) is 4.48. The third kappa shape index (κ3) is 3.88. The molecule has 1 amide bonds. The number of nitrogens with one attached hydrogen (secondary N) is 1. The fourth-order valence-electron chi connectivity index (χ4n) is 4.15. The predicted octanol–water partition coefficient (Wildman–Crippen LogP) is 4.71. The minimum atomic E-state index is -0.289. The Morgan fingerprint density at radius 1 is 1.06 bits per heavy atom. The van der Waals surface area contributed by atoms with E-state index < -0.39 is 0 Å². The molecule has 0 saturated carbocycles. The molecule has 0 radical (unpaired) electrons. The van der Waals surface area contributed by atoms with Crippen LogP contribution in [0.5, 0.6) is 0 Å². The van der Waals surface area contributed by atoms with E-state index in [-0.39, 0.29) is 11.9 Å². The largest absolute Gasteiger partial charge is 0.467 e. The molecule has 0 fully saturated rings. The normalized spacial score (nSPS) is 11.5. The van der Waals surface area contributed by atoms with E-state index in [4.69, 9.17) is 9.40 Å². The van der Waals surface area contributed by atoms with Gasteiger partial charge in [0, 0.05) is 29.4 Å². The number of pyridine rings is 3. The fourth-order valence-corrected chi connectivity index (χ4v) is 4.15. The minimum absolute atomic E-state index is 0.184. The lowest BCUT2D eigenvalue weighted by atomic mass is 10.1. The Hall–Kier alpha value is -4.86. The van der Waals surface area contributed by atoms with Crippen molar-refractivity contribution < 1.29 is 9.21 Å². The van der Waals surface area contributed by atoms with Gasteiger partial charge in [-0.2, -0.15) is 10.2 Å². The molecule has 1 N–H and O–H groups in total. The minimum Gasteiger partial charge on any atom is -0.467 e. The molecule has 0 atom stereocenters. The molecule has 0 unspecified atom stereocenters. The van der Waals surface area contributed by atoms with Gasteiger partial charge in [0.1, 0.15) is 12.3 Å². The molecule has 10 nitrogen and oxygen atoms in total. The molecule has 6 heterocycles. The molecule has 0 aliphatic heterocycles. The lowest BCUT2D eigenvalue weighted by molar-refractivity contribution is 0.102. The number of hydrogen-bond acceptors (Lipinski definition) is 7. The molecule has 0 aliphatic rings. The van der Waals surface area contributed by atoms with Gasteiger partial charge in [0.25, 0.3) is 5.91 Å². The molecule has 36 heavy (non-hydrogen) atoms. The van der Waals surface area contributed by atoms with Gasteiger partial charge in [-0.1, -0.05) is 0 Å². The van der Waals surface area contributed by atoms with E-state index in [2.05, 4.69) is 25.5 Å². The van der Waals surface area contributed by atoms with Crippen molar-refractivity contribution in [3.63, 3.8) is 0 Å². The number of hydrogen-bond donors (Lipinski definition) is 1. The predicted molar refractivity (Wildman–Crippen MR) is 134 cm³/mol. The molecular formula is C26H22N8O2. The summed E-state index contributed by atoms with van der Waals surface area (Å²) in [5.74, 6) is 0.448. The van der Waals surface area contributed by atoms with Crippen LogP contribution in [0.4, 0.5) is 5.69 Å². The molecule has 0 bridgehead atoms. The molecular weight excluding hydrogens is 456 g/mol. The summed E-state index contributed by atoms with van der Waals surface area (Å²) < 4.78 is 9.06. The Labute approximate surface area is 205 Å². The molecule has 178 valence electrons. The van der Waals surface area contributed by atoms with Crippen LogP contribution < -0.4 is 5.32 Å². The summed E-state index contributed by atoms with van der Waals surface area (Å²) in [7, 11) is 0. The first-order valence-corrected chi connectivity index (χ1v) is 11.5. The van der Waals surface area contributed by atoms with Crippen molar-refractivity contribution >= 4 is 33.7 Å². The summed E-state index contributed by atoms with van der Waals surface area (Å²) in [5, 5.41) is 13.4. The lowest BCUT2D eigenvalue weighted by Crippen LogP contribution is -2.13. The van der Waals surface area contributed by atoms with Crippen molar-refractivity contribution in [3.05, 3.63) is 85.0 Å². The van der Waals surface area contributed by atoms with E-state index in [0.717, 1.165) is 22.4 Å². The van der Waals surface area contributed by atoms with Crippen LogP contribution in [0, 0.1) is 0 Å². The van der Waals surface area contributed by atoms with Crippen LogP contribution in [0.1, 0.15) is 36.0 Å². The van der Waals surface area contributed by atoms with Crippen molar-refractivity contribution in [1.82, 2.24) is 34.5 Å². The van der Waals surface area contributed by atoms with Gasteiger partial charge in [-0.3, -0.25) is 9.78 Å². The van der Waals surface area contributed by atoms with Crippen LogP contribution in [-0.4, -0.2) is 40.4 Å². The maximum absolute atomic E-state index is 13.5. The Bertz CT molecular complexity index is 1680. The monoisotopic (exact) mass is 478 g/mol. The van der Waals surface area contributed by atoms with E-state index in [1.807, 2.05) is 48.9 Å². The summed E-state index contributed by atoms with van der Waals surface area (Å²) in [6.07, 6.45) is 10.1. The van der Waals surface area contributed by atoms with Gasteiger partial charge >= 0.3 is 0 Å². The smallest absolute Gasteiger partial charge is 0.256 e. The van der Waals surface area contributed by atoms with Crippen LogP contribution >= 0.6 is 0 Å². The zero-order valence-electron chi connectivity index (χ0n) is 19.7. The van der Waals surface area contributed by atoms with Crippen molar-refractivity contribution in [3.8, 4) is 11.3 Å². The number of rotatable bonds is 6. The second-order valence-corrected chi connectivity index (χ2v) is 8.69. The van der Waals surface area contributed by atoms with Crippen molar-refractivity contribution in [1.29, 1.82) is 0 Å². The standard InChI is InChI=1S/C26H22N8O2/c1-16(2)34-24-18(12-30-34)9-19(13-28-24)31-26(35)21-10-23(17-5-3-7-27-11-17)32-25-22(21)14-29-33(25)15-20-6-4-8-36-20/h3-14,16H,15H2,1-2H3,(H,31,35). The molecule has 6 aromatic heterocycles. The second kappa shape index (κ2) is 8.73. The Morgan fingerprint density at radius 3 is 2.75 bits per heavy atom. The first-order valence-electron chi connectivity index (χ1n) is 11.5. The second-order valence-electron chi connectivity index (χ2n) is 8.69. The van der Waals surface area contributed by atoms with E-state index in [9.17, 15) is 4.79 Å². The summed E-state index contributed by atoms with van der Waals surface area (Å²) in [4.78, 5) is 27.1. The van der Waals surface area contributed by atoms with Gasteiger partial charge in [0.05, 0.1) is 47.2 Å². The van der Waals surface area contributed by atoms with Crippen LogP contribution in [0.15, 0.2) is 78.1 Å². The fraction of sp³-hybridized carbons (Fsp3) is 0.154. The molecule has 0 saturated heterocycles. The number of nitrogens with zero attached hydrogens (tertiary/aromatic N) is 7. The van der Waals surface area contributed by atoms with Crippen LogP contribution in [0.3, 0.4) is 0 Å². The number of amides is 1. The number of carbonyl (C=O) groups is 1. The summed E-state index contributed by atoms with van der Waals surface area (Å²) >= 11 is 0. The maximum Gasteiger partial charge on any atom is 0.256 e. The van der Waals surface area contributed by atoms with Gasteiger partial charge in [0.15, 0.2) is 11.3 Å².